The Balaban J connectivity index is 1.60. The number of piperidine rings is 1. The number of carbonyl (C=O) groups is 4. The fourth-order valence-electron chi connectivity index (χ4n) is 4.27. The molecule has 1 fully saturated rings. The van der Waals surface area contributed by atoms with Gasteiger partial charge >= 0.3 is 5.97 Å². The number of imide groups is 1. The largest absolute Gasteiger partial charge is 0.462 e. The maximum Gasteiger partial charge on any atom is 0.338 e. The zero-order valence-electron chi connectivity index (χ0n) is 18.3. The summed E-state index contributed by atoms with van der Waals surface area (Å²) in [5.41, 5.74) is 4.51. The molecule has 7 nitrogen and oxygen atoms in total. The average Bonchev–Trinajstić information content (AvgIpc) is 3.05. The molecule has 7 heteroatoms. The average molecular weight is 444 g/mol. The highest BCUT2D eigenvalue weighted by Gasteiger charge is 2.42. The summed E-state index contributed by atoms with van der Waals surface area (Å²) in [5, 5.41) is 2.31. The molecule has 0 radical (unpaired) electrons. The third kappa shape index (κ3) is 4.09. The Labute approximate surface area is 191 Å². The lowest BCUT2D eigenvalue weighted by molar-refractivity contribution is -0.135. The first-order chi connectivity index (χ1) is 15.8. The first kappa shape index (κ1) is 22.2. The van der Waals surface area contributed by atoms with Crippen LogP contribution in [0.2, 0.25) is 0 Å². The van der Waals surface area contributed by atoms with Crippen LogP contribution >= 0.6 is 0 Å². The van der Waals surface area contributed by atoms with Gasteiger partial charge in [0.25, 0.3) is 5.91 Å². The third-order valence-corrected chi connectivity index (χ3v) is 5.87. The minimum atomic E-state index is -0.757. The second kappa shape index (κ2) is 8.86. The number of rotatable bonds is 6. The number of ether oxygens (including phenoxy) is 1. The number of esters is 1. The molecule has 2 aromatic rings. The zero-order chi connectivity index (χ0) is 23.7. The molecule has 1 N–H and O–H groups in total. The Hall–Kier alpha value is -4.00. The van der Waals surface area contributed by atoms with Crippen LogP contribution in [0.5, 0.6) is 0 Å². The highest BCUT2D eigenvalue weighted by Crippen LogP contribution is 2.42. The zero-order valence-corrected chi connectivity index (χ0v) is 18.3. The number of nitrogens with one attached hydrogen (secondary N) is 1. The molecule has 0 spiro atoms. The van der Waals surface area contributed by atoms with Gasteiger partial charge in [0.2, 0.25) is 11.8 Å². The van der Waals surface area contributed by atoms with Gasteiger partial charge in [0.05, 0.1) is 17.9 Å². The van der Waals surface area contributed by atoms with E-state index in [0.717, 1.165) is 16.7 Å². The predicted octanol–water partition coefficient (Wildman–Crippen LogP) is 3.28. The Morgan fingerprint density at radius 3 is 2.55 bits per heavy atom. The van der Waals surface area contributed by atoms with Gasteiger partial charge in [-0.25, -0.2) is 4.79 Å². The molecule has 4 rings (SSSR count). The van der Waals surface area contributed by atoms with Gasteiger partial charge < -0.3 is 4.74 Å². The van der Waals surface area contributed by atoms with E-state index in [4.69, 9.17) is 4.74 Å². The van der Waals surface area contributed by atoms with E-state index in [1.54, 1.807) is 25.1 Å². The summed E-state index contributed by atoms with van der Waals surface area (Å²) < 4.78 is 5.01. The van der Waals surface area contributed by atoms with Gasteiger partial charge in [-0.1, -0.05) is 37.4 Å². The number of allylic oxidation sites excluding steroid dienone is 1. The summed E-state index contributed by atoms with van der Waals surface area (Å²) in [5.74, 6) is -1.53. The van der Waals surface area contributed by atoms with E-state index >= 15 is 0 Å². The van der Waals surface area contributed by atoms with Gasteiger partial charge in [0, 0.05) is 17.6 Å². The topological polar surface area (TPSA) is 92.8 Å². The SMILES string of the molecule is C=C(Cc1ccc(C(=O)OCC)cc1)c1cccc2c1C(=C)C(=O)N2C1CCC(=O)NC1=O. The van der Waals surface area contributed by atoms with Crippen LogP contribution in [0, 0.1) is 0 Å². The Morgan fingerprint density at radius 1 is 1.15 bits per heavy atom. The molecule has 2 aliphatic heterocycles. The number of hydrogen-bond acceptors (Lipinski definition) is 5. The molecule has 33 heavy (non-hydrogen) atoms. The molecule has 0 aromatic heterocycles. The number of nitrogens with zero attached hydrogens (tertiary/aromatic N) is 1. The minimum absolute atomic E-state index is 0.177. The van der Waals surface area contributed by atoms with E-state index in [9.17, 15) is 19.2 Å². The molecule has 1 saturated heterocycles. The lowest BCUT2D eigenvalue weighted by atomic mass is 9.92. The molecule has 1 unspecified atom stereocenters. The summed E-state index contributed by atoms with van der Waals surface area (Å²) in [4.78, 5) is 50.3. The smallest absolute Gasteiger partial charge is 0.338 e. The van der Waals surface area contributed by atoms with E-state index in [0.29, 0.717) is 35.4 Å². The standard InChI is InChI=1S/C26H24N2O5/c1-4-33-26(32)18-10-8-17(9-11-18)14-15(2)19-6-5-7-20-23(19)16(3)25(31)28(20)21-12-13-22(29)27-24(21)30/h5-11,21H,2-4,12-14H2,1H3,(H,27,29,30). The molecule has 0 saturated carbocycles. The first-order valence-corrected chi connectivity index (χ1v) is 10.8. The van der Waals surface area contributed by atoms with Crippen LogP contribution in [0.25, 0.3) is 11.1 Å². The Bertz CT molecular complexity index is 1200. The van der Waals surface area contributed by atoms with Gasteiger partial charge in [0.1, 0.15) is 6.04 Å². The van der Waals surface area contributed by atoms with Crippen molar-refractivity contribution in [2.75, 3.05) is 11.5 Å². The third-order valence-electron chi connectivity index (χ3n) is 5.87. The summed E-state index contributed by atoms with van der Waals surface area (Å²) in [6.07, 6.45) is 0.941. The number of hydrogen-bond donors (Lipinski definition) is 1. The molecule has 2 heterocycles. The number of fused-ring (bicyclic) bond motifs is 1. The number of amides is 3. The lowest BCUT2D eigenvalue weighted by Crippen LogP contribution is -2.53. The monoisotopic (exact) mass is 444 g/mol. The van der Waals surface area contributed by atoms with Gasteiger partial charge in [-0.05, 0) is 54.7 Å². The molecule has 3 amide bonds. The maximum absolute atomic E-state index is 13.1. The van der Waals surface area contributed by atoms with Crippen molar-refractivity contribution < 1.29 is 23.9 Å². The number of anilines is 1. The van der Waals surface area contributed by atoms with E-state index < -0.39 is 11.9 Å². The van der Waals surface area contributed by atoms with Crippen LogP contribution in [0.15, 0.2) is 55.6 Å². The Kier molecular flexibility index (Phi) is 5.96. The van der Waals surface area contributed by atoms with Crippen molar-refractivity contribution in [3.05, 3.63) is 77.9 Å². The second-order valence-corrected chi connectivity index (χ2v) is 8.02. The molecule has 0 aliphatic carbocycles. The normalized spacial score (nSPS) is 17.6. The van der Waals surface area contributed by atoms with Crippen LogP contribution in [0.1, 0.15) is 46.8 Å². The fraction of sp³-hybridized carbons (Fsp3) is 0.231. The van der Waals surface area contributed by atoms with E-state index in [1.807, 2.05) is 24.3 Å². The van der Waals surface area contributed by atoms with Crippen LogP contribution in [-0.2, 0) is 25.5 Å². The Morgan fingerprint density at radius 2 is 1.88 bits per heavy atom. The summed E-state index contributed by atoms with van der Waals surface area (Å²) in [7, 11) is 0. The van der Waals surface area contributed by atoms with Crippen molar-refractivity contribution in [2.45, 2.75) is 32.2 Å². The lowest BCUT2D eigenvalue weighted by Gasteiger charge is -2.30. The van der Waals surface area contributed by atoms with Gasteiger partial charge in [-0.2, -0.15) is 0 Å². The van der Waals surface area contributed by atoms with E-state index in [2.05, 4.69) is 18.5 Å². The van der Waals surface area contributed by atoms with Crippen molar-refractivity contribution >= 4 is 40.5 Å². The highest BCUT2D eigenvalue weighted by molar-refractivity contribution is 6.34. The molecular formula is C26H24N2O5. The van der Waals surface area contributed by atoms with Gasteiger partial charge in [-0.15, -0.1) is 0 Å². The van der Waals surface area contributed by atoms with E-state index in [-0.39, 0.29) is 30.6 Å². The number of benzene rings is 2. The van der Waals surface area contributed by atoms with Gasteiger partial charge in [-0.3, -0.25) is 24.6 Å². The quantitative estimate of drug-likeness (QED) is 0.419. The highest BCUT2D eigenvalue weighted by atomic mass is 16.5. The molecule has 1 atom stereocenters. The van der Waals surface area contributed by atoms with Crippen molar-refractivity contribution in [3.8, 4) is 0 Å². The molecule has 2 aromatic carbocycles. The van der Waals surface area contributed by atoms with Crippen LogP contribution in [-0.4, -0.2) is 36.3 Å². The van der Waals surface area contributed by atoms with E-state index in [1.165, 1.54) is 4.90 Å². The summed E-state index contributed by atoms with van der Waals surface area (Å²) in [6, 6.07) is 11.8. The molecule has 168 valence electrons. The molecule has 0 bridgehead atoms. The van der Waals surface area contributed by atoms with Crippen molar-refractivity contribution in [3.63, 3.8) is 0 Å². The van der Waals surface area contributed by atoms with Crippen molar-refractivity contribution in [1.82, 2.24) is 5.32 Å². The summed E-state index contributed by atoms with van der Waals surface area (Å²) >= 11 is 0. The van der Waals surface area contributed by atoms with Crippen molar-refractivity contribution in [1.29, 1.82) is 0 Å². The maximum atomic E-state index is 13.1. The van der Waals surface area contributed by atoms with Crippen LogP contribution in [0.4, 0.5) is 5.69 Å². The van der Waals surface area contributed by atoms with Crippen molar-refractivity contribution in [2.24, 2.45) is 0 Å². The molecule has 2 aliphatic rings. The number of carbonyl (C=O) groups excluding carboxylic acids is 4. The fourth-order valence-corrected chi connectivity index (χ4v) is 4.27. The van der Waals surface area contributed by atoms with Crippen LogP contribution < -0.4 is 10.2 Å². The predicted molar refractivity (Wildman–Crippen MR) is 124 cm³/mol. The van der Waals surface area contributed by atoms with Gasteiger partial charge in [0.15, 0.2) is 0 Å². The summed E-state index contributed by atoms with van der Waals surface area (Å²) in [6.45, 7) is 10.3. The minimum Gasteiger partial charge on any atom is -0.462 e. The first-order valence-electron chi connectivity index (χ1n) is 10.8. The van der Waals surface area contributed by atoms with Crippen LogP contribution in [0.3, 0.4) is 0 Å². The second-order valence-electron chi connectivity index (χ2n) is 8.02. The molecular weight excluding hydrogens is 420 g/mol.